The third kappa shape index (κ3) is 2.44. The van der Waals surface area contributed by atoms with Crippen LogP contribution >= 0.6 is 11.8 Å². The van der Waals surface area contributed by atoms with Gasteiger partial charge in [0.15, 0.2) is 5.65 Å². The first-order chi connectivity index (χ1) is 11.6. The number of aromatic nitrogens is 6. The van der Waals surface area contributed by atoms with Crippen molar-refractivity contribution in [1.29, 1.82) is 0 Å². The molecule has 4 rings (SSSR count). The molecule has 1 atom stereocenters. The molecule has 1 N–H and O–H groups in total. The minimum Gasteiger partial charge on any atom is -0.309 e. The number of rotatable bonds is 3. The van der Waals surface area contributed by atoms with Crippen molar-refractivity contribution in [2.24, 2.45) is 7.05 Å². The summed E-state index contributed by atoms with van der Waals surface area (Å²) in [6, 6.07) is 7.32. The van der Waals surface area contributed by atoms with E-state index in [1.54, 1.807) is 16.9 Å². The zero-order valence-electron chi connectivity index (χ0n) is 13.1. The quantitative estimate of drug-likeness (QED) is 0.456. The third-order valence-corrected chi connectivity index (χ3v) is 4.92. The molecule has 3 heterocycles. The van der Waals surface area contributed by atoms with E-state index in [1.807, 2.05) is 32.2 Å². The second-order valence-electron chi connectivity index (χ2n) is 5.41. The highest BCUT2D eigenvalue weighted by atomic mass is 32.2. The summed E-state index contributed by atoms with van der Waals surface area (Å²) < 4.78 is 1.71. The molecule has 1 unspecified atom stereocenters. The Morgan fingerprint density at radius 2 is 2.04 bits per heavy atom. The third-order valence-electron chi connectivity index (χ3n) is 3.80. The molecule has 0 saturated heterocycles. The van der Waals surface area contributed by atoms with Crippen LogP contribution in [0.2, 0.25) is 0 Å². The molecule has 0 spiro atoms. The molecule has 0 aliphatic heterocycles. The zero-order chi connectivity index (χ0) is 16.7. The predicted octanol–water partition coefficient (Wildman–Crippen LogP) is 2.45. The summed E-state index contributed by atoms with van der Waals surface area (Å²) >= 11 is 1.52. The van der Waals surface area contributed by atoms with Crippen LogP contribution in [0, 0.1) is 0 Å². The lowest BCUT2D eigenvalue weighted by molar-refractivity contribution is 0.784. The van der Waals surface area contributed by atoms with Gasteiger partial charge in [0, 0.05) is 7.05 Å². The van der Waals surface area contributed by atoms with Gasteiger partial charge in [-0.05, 0) is 19.1 Å². The Hall–Kier alpha value is -2.74. The summed E-state index contributed by atoms with van der Waals surface area (Å²) in [4.78, 5) is 28.3. The van der Waals surface area contributed by atoms with E-state index in [2.05, 4.69) is 25.0 Å². The highest BCUT2D eigenvalue weighted by molar-refractivity contribution is 7.99. The van der Waals surface area contributed by atoms with E-state index in [9.17, 15) is 4.79 Å². The Morgan fingerprint density at radius 3 is 2.92 bits per heavy atom. The highest BCUT2D eigenvalue weighted by Crippen LogP contribution is 2.35. The number of hydrogen-bond donors (Lipinski definition) is 1. The maximum atomic E-state index is 12.2. The van der Waals surface area contributed by atoms with Crippen LogP contribution in [0.5, 0.6) is 0 Å². The van der Waals surface area contributed by atoms with Crippen molar-refractivity contribution in [2.75, 3.05) is 0 Å². The van der Waals surface area contributed by atoms with E-state index < -0.39 is 0 Å². The summed E-state index contributed by atoms with van der Waals surface area (Å²) in [6.45, 7) is 1.99. The van der Waals surface area contributed by atoms with Crippen LogP contribution in [0.4, 0.5) is 0 Å². The van der Waals surface area contributed by atoms with Crippen LogP contribution in [-0.4, -0.2) is 29.7 Å². The molecule has 120 valence electrons. The Morgan fingerprint density at radius 1 is 1.21 bits per heavy atom. The fraction of sp³-hybridized carbons (Fsp3) is 0.188. The Kier molecular flexibility index (Phi) is 3.53. The standard InChI is InChI=1S/C16H14N6OS/c1-9(13-20-12-6-4-3-5-10(12)15(23)21-13)24-16-11-7-19-22(2)14(11)17-8-18-16/h3-9H,1-2H3,(H,20,21,23). The van der Waals surface area contributed by atoms with Crippen LogP contribution in [0.1, 0.15) is 18.0 Å². The monoisotopic (exact) mass is 338 g/mol. The zero-order valence-corrected chi connectivity index (χ0v) is 13.9. The molecule has 0 bridgehead atoms. The first-order valence-electron chi connectivity index (χ1n) is 7.42. The van der Waals surface area contributed by atoms with Crippen LogP contribution in [0.3, 0.4) is 0 Å². The maximum Gasteiger partial charge on any atom is 0.258 e. The number of H-pyrrole nitrogens is 1. The van der Waals surface area contributed by atoms with Crippen molar-refractivity contribution < 1.29 is 0 Å². The summed E-state index contributed by atoms with van der Waals surface area (Å²) in [5, 5.41) is 6.45. The molecule has 1 aromatic carbocycles. The molecule has 0 saturated carbocycles. The van der Waals surface area contributed by atoms with Crippen LogP contribution < -0.4 is 5.56 Å². The van der Waals surface area contributed by atoms with Gasteiger partial charge in [-0.1, -0.05) is 23.9 Å². The Balaban J connectivity index is 1.73. The molecular weight excluding hydrogens is 324 g/mol. The molecule has 0 fully saturated rings. The summed E-state index contributed by atoms with van der Waals surface area (Å²) in [5.74, 6) is 0.624. The van der Waals surface area contributed by atoms with E-state index in [0.29, 0.717) is 16.7 Å². The first kappa shape index (κ1) is 14.8. The molecule has 7 nitrogen and oxygen atoms in total. The van der Waals surface area contributed by atoms with Gasteiger partial charge in [-0.2, -0.15) is 5.10 Å². The second-order valence-corrected chi connectivity index (χ2v) is 6.74. The normalized spacial score (nSPS) is 12.8. The lowest BCUT2D eigenvalue weighted by Gasteiger charge is -2.11. The smallest absolute Gasteiger partial charge is 0.258 e. The number of aryl methyl sites for hydroxylation is 1. The van der Waals surface area contributed by atoms with Crippen molar-refractivity contribution in [1.82, 2.24) is 29.7 Å². The number of aromatic amines is 1. The summed E-state index contributed by atoms with van der Waals surface area (Å²) in [7, 11) is 1.84. The van der Waals surface area contributed by atoms with Crippen LogP contribution in [0.15, 0.2) is 46.6 Å². The Labute approximate surface area is 141 Å². The van der Waals surface area contributed by atoms with Gasteiger partial charge in [0.05, 0.1) is 27.7 Å². The van der Waals surface area contributed by atoms with Crippen LogP contribution in [-0.2, 0) is 7.05 Å². The minimum atomic E-state index is -0.128. The SMILES string of the molecule is CC(Sc1ncnc2c1cnn2C)c1nc2ccccc2c(=O)[nH]1. The largest absolute Gasteiger partial charge is 0.309 e. The Bertz CT molecular complexity index is 1100. The molecule has 3 aromatic heterocycles. The number of benzene rings is 1. The van der Waals surface area contributed by atoms with Crippen molar-refractivity contribution in [3.63, 3.8) is 0 Å². The van der Waals surface area contributed by atoms with Gasteiger partial charge in [-0.3, -0.25) is 9.48 Å². The van der Waals surface area contributed by atoms with Gasteiger partial charge in [-0.15, -0.1) is 0 Å². The molecular formula is C16H14N6OS. The number of nitrogens with one attached hydrogen (secondary N) is 1. The van der Waals surface area contributed by atoms with Gasteiger partial charge < -0.3 is 4.98 Å². The van der Waals surface area contributed by atoms with E-state index in [0.717, 1.165) is 16.1 Å². The van der Waals surface area contributed by atoms with Gasteiger partial charge in [0.1, 0.15) is 17.2 Å². The molecule has 4 aromatic rings. The van der Waals surface area contributed by atoms with Gasteiger partial charge >= 0.3 is 0 Å². The number of para-hydroxylation sites is 1. The fourth-order valence-corrected chi connectivity index (χ4v) is 3.49. The number of fused-ring (bicyclic) bond motifs is 2. The predicted molar refractivity (Wildman–Crippen MR) is 92.9 cm³/mol. The van der Waals surface area contributed by atoms with Crippen molar-refractivity contribution in [3.8, 4) is 0 Å². The van der Waals surface area contributed by atoms with Gasteiger partial charge in [0.25, 0.3) is 5.56 Å². The molecule has 0 aliphatic carbocycles. The van der Waals surface area contributed by atoms with Crippen LogP contribution in [0.25, 0.3) is 21.9 Å². The molecule has 24 heavy (non-hydrogen) atoms. The van der Waals surface area contributed by atoms with E-state index >= 15 is 0 Å². The average Bonchev–Trinajstić information content (AvgIpc) is 2.97. The topological polar surface area (TPSA) is 89.3 Å². The van der Waals surface area contributed by atoms with Crippen molar-refractivity contribution in [2.45, 2.75) is 17.2 Å². The number of thioether (sulfide) groups is 1. The molecule has 0 aliphatic rings. The second kappa shape index (κ2) is 5.72. The highest BCUT2D eigenvalue weighted by Gasteiger charge is 2.16. The molecule has 0 amide bonds. The van der Waals surface area contributed by atoms with E-state index in [-0.39, 0.29) is 10.8 Å². The lowest BCUT2D eigenvalue weighted by atomic mass is 10.2. The van der Waals surface area contributed by atoms with E-state index in [4.69, 9.17) is 0 Å². The fourth-order valence-electron chi connectivity index (χ4n) is 2.55. The average molecular weight is 338 g/mol. The number of hydrogen-bond acceptors (Lipinski definition) is 6. The summed E-state index contributed by atoms with van der Waals surface area (Å²) in [5.41, 5.74) is 1.34. The minimum absolute atomic E-state index is 0.0689. The lowest BCUT2D eigenvalue weighted by Crippen LogP contribution is -2.12. The van der Waals surface area contributed by atoms with Gasteiger partial charge in [0.2, 0.25) is 0 Å². The van der Waals surface area contributed by atoms with Crippen molar-refractivity contribution in [3.05, 3.63) is 53.0 Å². The van der Waals surface area contributed by atoms with Crippen molar-refractivity contribution >= 4 is 33.7 Å². The van der Waals surface area contributed by atoms with E-state index in [1.165, 1.54) is 18.1 Å². The maximum absolute atomic E-state index is 12.2. The number of nitrogens with zero attached hydrogens (tertiary/aromatic N) is 5. The van der Waals surface area contributed by atoms with Gasteiger partial charge in [-0.25, -0.2) is 15.0 Å². The molecule has 0 radical (unpaired) electrons. The molecule has 8 heteroatoms. The first-order valence-corrected chi connectivity index (χ1v) is 8.30. The summed E-state index contributed by atoms with van der Waals surface area (Å²) in [6.07, 6.45) is 3.27.